The van der Waals surface area contributed by atoms with Crippen molar-refractivity contribution in [3.05, 3.63) is 95.0 Å². The topological polar surface area (TPSA) is 0 Å². The summed E-state index contributed by atoms with van der Waals surface area (Å²) in [4.78, 5) is 0. The number of hydrogen-bond donors (Lipinski definition) is 0. The van der Waals surface area contributed by atoms with Crippen molar-refractivity contribution >= 4 is 22.4 Å². The minimum atomic E-state index is -0.750. The molecule has 0 heterocycles. The van der Waals surface area contributed by atoms with Gasteiger partial charge in [-0.2, -0.15) is 0 Å². The minimum Gasteiger partial charge on any atom is -0.205 e. The molecule has 0 unspecified atom stereocenters. The van der Waals surface area contributed by atoms with Gasteiger partial charge in [0.25, 0.3) is 0 Å². The monoisotopic (exact) mass is 434 g/mol. The van der Waals surface area contributed by atoms with Gasteiger partial charge in [-0.1, -0.05) is 92.4 Å². The van der Waals surface area contributed by atoms with Crippen LogP contribution in [0.5, 0.6) is 0 Å². The second-order valence-corrected chi connectivity index (χ2v) is 8.42. The SMILES string of the molecule is CCCCCCc1ccc2cc(-c3ccc(-c4cc(F)c(Cl)c(F)c4)cc3)ccc2c1. The molecule has 158 valence electrons. The lowest BCUT2D eigenvalue weighted by atomic mass is 9.97. The van der Waals surface area contributed by atoms with Gasteiger partial charge in [0.1, 0.15) is 16.7 Å². The summed E-state index contributed by atoms with van der Waals surface area (Å²) in [6, 6.07) is 23.4. The van der Waals surface area contributed by atoms with E-state index in [9.17, 15) is 8.78 Å². The Morgan fingerprint density at radius 1 is 0.613 bits per heavy atom. The Balaban J connectivity index is 1.54. The van der Waals surface area contributed by atoms with Gasteiger partial charge in [0.05, 0.1) is 0 Å². The highest BCUT2D eigenvalue weighted by molar-refractivity contribution is 6.31. The molecule has 0 spiro atoms. The van der Waals surface area contributed by atoms with Crippen LogP contribution in [0.15, 0.2) is 72.8 Å². The van der Waals surface area contributed by atoms with E-state index in [1.54, 1.807) is 0 Å². The van der Waals surface area contributed by atoms with Gasteiger partial charge in [0.15, 0.2) is 0 Å². The van der Waals surface area contributed by atoms with Crippen LogP contribution in [-0.2, 0) is 6.42 Å². The van der Waals surface area contributed by atoms with Crippen LogP contribution in [0.1, 0.15) is 38.2 Å². The highest BCUT2D eigenvalue weighted by Crippen LogP contribution is 2.30. The smallest absolute Gasteiger partial charge is 0.145 e. The number of unbranched alkanes of at least 4 members (excludes halogenated alkanes) is 3. The fourth-order valence-electron chi connectivity index (χ4n) is 3.96. The zero-order valence-corrected chi connectivity index (χ0v) is 18.4. The van der Waals surface area contributed by atoms with E-state index < -0.39 is 16.7 Å². The van der Waals surface area contributed by atoms with Crippen LogP contribution in [0.25, 0.3) is 33.0 Å². The molecule has 3 heteroatoms. The van der Waals surface area contributed by atoms with Crippen LogP contribution < -0.4 is 0 Å². The second-order valence-electron chi connectivity index (χ2n) is 8.04. The molecule has 0 aliphatic carbocycles. The van der Waals surface area contributed by atoms with Gasteiger partial charge in [-0.3, -0.25) is 0 Å². The van der Waals surface area contributed by atoms with Gasteiger partial charge in [0, 0.05) is 0 Å². The molecule has 0 bridgehead atoms. The van der Waals surface area contributed by atoms with Crippen molar-refractivity contribution in [2.75, 3.05) is 0 Å². The molecule has 4 aromatic carbocycles. The maximum absolute atomic E-state index is 13.8. The summed E-state index contributed by atoms with van der Waals surface area (Å²) in [5, 5.41) is 1.99. The standard InChI is InChI=1S/C28H25ClF2/c1-2-3-4-5-6-19-7-8-24-16-23(14-13-22(24)15-19)20-9-11-21(12-10-20)25-17-26(30)28(29)27(31)18-25/h7-18H,2-6H2,1H3. The van der Waals surface area contributed by atoms with Crippen LogP contribution in [0.3, 0.4) is 0 Å². The first-order chi connectivity index (χ1) is 15.0. The summed E-state index contributed by atoms with van der Waals surface area (Å²) in [5.74, 6) is -1.50. The maximum Gasteiger partial charge on any atom is 0.145 e. The van der Waals surface area contributed by atoms with Crippen molar-refractivity contribution in [1.29, 1.82) is 0 Å². The van der Waals surface area contributed by atoms with Gasteiger partial charge in [-0.05, 0) is 69.6 Å². The average Bonchev–Trinajstić information content (AvgIpc) is 2.79. The van der Waals surface area contributed by atoms with Gasteiger partial charge < -0.3 is 0 Å². The van der Waals surface area contributed by atoms with E-state index in [0.717, 1.165) is 23.1 Å². The maximum atomic E-state index is 13.8. The van der Waals surface area contributed by atoms with E-state index >= 15 is 0 Å². The number of rotatable bonds is 7. The van der Waals surface area contributed by atoms with Crippen molar-refractivity contribution in [2.24, 2.45) is 0 Å². The molecule has 0 saturated carbocycles. The molecule has 4 rings (SSSR count). The van der Waals surface area contributed by atoms with Crippen LogP contribution >= 0.6 is 11.6 Å². The lowest BCUT2D eigenvalue weighted by molar-refractivity contribution is 0.585. The third-order valence-corrected chi connectivity index (χ3v) is 6.12. The summed E-state index contributed by atoms with van der Waals surface area (Å²) in [5.41, 5.74) is 4.78. The Labute approximate surface area is 187 Å². The number of aryl methyl sites for hydroxylation is 1. The third-order valence-electron chi connectivity index (χ3n) is 5.76. The first-order valence-corrected chi connectivity index (χ1v) is 11.2. The Hall–Kier alpha value is -2.71. The number of benzene rings is 4. The van der Waals surface area contributed by atoms with Crippen LogP contribution in [-0.4, -0.2) is 0 Å². The van der Waals surface area contributed by atoms with E-state index in [1.165, 1.54) is 54.2 Å². The van der Waals surface area contributed by atoms with Gasteiger partial charge in [-0.25, -0.2) is 8.78 Å². The molecule has 0 amide bonds. The molecule has 0 saturated heterocycles. The molecule has 0 aliphatic rings. The van der Waals surface area contributed by atoms with E-state index in [0.29, 0.717) is 5.56 Å². The Kier molecular flexibility index (Phi) is 6.67. The number of fused-ring (bicyclic) bond motifs is 1. The summed E-state index contributed by atoms with van der Waals surface area (Å²) < 4.78 is 27.6. The molecule has 0 radical (unpaired) electrons. The normalized spacial score (nSPS) is 11.2. The molecule has 0 atom stereocenters. The largest absolute Gasteiger partial charge is 0.205 e. The van der Waals surface area contributed by atoms with E-state index in [-0.39, 0.29) is 0 Å². The van der Waals surface area contributed by atoms with Crippen molar-refractivity contribution in [2.45, 2.75) is 39.0 Å². The predicted octanol–water partition coefficient (Wildman–Crippen LogP) is 9.23. The van der Waals surface area contributed by atoms with E-state index in [4.69, 9.17) is 11.6 Å². The molecule has 0 aliphatic heterocycles. The molecular weight excluding hydrogens is 410 g/mol. The summed E-state index contributed by atoms with van der Waals surface area (Å²) in [6.45, 7) is 2.23. The van der Waals surface area contributed by atoms with E-state index in [2.05, 4.69) is 43.3 Å². The van der Waals surface area contributed by atoms with Crippen LogP contribution in [0.4, 0.5) is 8.78 Å². The van der Waals surface area contributed by atoms with Gasteiger partial charge in [0.2, 0.25) is 0 Å². The van der Waals surface area contributed by atoms with Crippen molar-refractivity contribution in [3.8, 4) is 22.3 Å². The van der Waals surface area contributed by atoms with Gasteiger partial charge >= 0.3 is 0 Å². The molecular formula is C28H25ClF2. The zero-order chi connectivity index (χ0) is 21.8. The predicted molar refractivity (Wildman–Crippen MR) is 128 cm³/mol. The van der Waals surface area contributed by atoms with Crippen LogP contribution in [0.2, 0.25) is 5.02 Å². The number of hydrogen-bond acceptors (Lipinski definition) is 0. The molecule has 0 aromatic heterocycles. The lowest BCUT2D eigenvalue weighted by Gasteiger charge is -2.09. The molecule has 0 nitrogen and oxygen atoms in total. The average molecular weight is 435 g/mol. The van der Waals surface area contributed by atoms with E-state index in [1.807, 2.05) is 24.3 Å². The van der Waals surface area contributed by atoms with Crippen molar-refractivity contribution < 1.29 is 8.78 Å². The summed E-state index contributed by atoms with van der Waals surface area (Å²) in [6.07, 6.45) is 6.22. The first-order valence-electron chi connectivity index (χ1n) is 10.8. The molecule has 4 aromatic rings. The van der Waals surface area contributed by atoms with Crippen molar-refractivity contribution in [1.82, 2.24) is 0 Å². The number of halogens is 3. The van der Waals surface area contributed by atoms with Gasteiger partial charge in [-0.15, -0.1) is 0 Å². The fraction of sp³-hybridized carbons (Fsp3) is 0.214. The minimum absolute atomic E-state index is 0.468. The Bertz CT molecular complexity index is 1170. The Morgan fingerprint density at radius 2 is 1.19 bits per heavy atom. The first kappa shape index (κ1) is 21.5. The van der Waals surface area contributed by atoms with Crippen LogP contribution in [0, 0.1) is 11.6 Å². The molecule has 0 fully saturated rings. The summed E-state index contributed by atoms with van der Waals surface area (Å²) >= 11 is 5.59. The zero-order valence-electron chi connectivity index (χ0n) is 17.6. The van der Waals surface area contributed by atoms with Crippen molar-refractivity contribution in [3.63, 3.8) is 0 Å². The lowest BCUT2D eigenvalue weighted by Crippen LogP contribution is -1.88. The quantitative estimate of drug-likeness (QED) is 0.201. The molecule has 0 N–H and O–H groups in total. The molecule has 31 heavy (non-hydrogen) atoms. The second kappa shape index (κ2) is 9.62. The Morgan fingerprint density at radius 3 is 1.87 bits per heavy atom. The third kappa shape index (κ3) is 4.97. The highest BCUT2D eigenvalue weighted by Gasteiger charge is 2.10. The summed E-state index contributed by atoms with van der Waals surface area (Å²) in [7, 11) is 0. The highest BCUT2D eigenvalue weighted by atomic mass is 35.5. The fourth-order valence-corrected chi connectivity index (χ4v) is 4.07.